The van der Waals surface area contributed by atoms with E-state index in [1.807, 2.05) is 0 Å². The third-order valence-corrected chi connectivity index (χ3v) is 5.81. The number of nitrogens with zero attached hydrogens (tertiary/aromatic N) is 2. The number of amides is 3. The second-order valence-electron chi connectivity index (χ2n) is 7.96. The zero-order chi connectivity index (χ0) is 20.8. The molecule has 1 aromatic carbocycles. The molecule has 3 fully saturated rings. The van der Waals surface area contributed by atoms with Gasteiger partial charge in [0.05, 0.1) is 17.7 Å². The molecule has 3 amide bonds. The number of benzene rings is 1. The molecule has 0 aromatic heterocycles. The van der Waals surface area contributed by atoms with E-state index >= 15 is 0 Å². The van der Waals surface area contributed by atoms with Gasteiger partial charge in [-0.25, -0.2) is 9.18 Å². The average Bonchev–Trinajstić information content (AvgIpc) is 2.65. The molecule has 0 aliphatic carbocycles. The molecule has 0 unspecified atom stereocenters. The van der Waals surface area contributed by atoms with Crippen molar-refractivity contribution < 1.29 is 31.9 Å². The first-order valence-electron chi connectivity index (χ1n) is 9.46. The number of urea groups is 1. The molecule has 1 spiro atoms. The highest BCUT2D eigenvalue weighted by Gasteiger charge is 2.49. The third-order valence-electron chi connectivity index (χ3n) is 5.81. The highest BCUT2D eigenvalue weighted by molar-refractivity contribution is 5.81. The number of rotatable bonds is 1. The maximum absolute atomic E-state index is 14.2. The fourth-order valence-electron chi connectivity index (χ4n) is 4.31. The molecule has 29 heavy (non-hydrogen) atoms. The molecule has 1 aromatic rings. The Morgan fingerprint density at radius 3 is 2.45 bits per heavy atom. The number of halogens is 4. The summed E-state index contributed by atoms with van der Waals surface area (Å²) < 4.78 is 57.6. The Labute approximate surface area is 164 Å². The molecule has 0 radical (unpaired) electrons. The lowest BCUT2D eigenvalue weighted by Gasteiger charge is -2.52. The summed E-state index contributed by atoms with van der Waals surface area (Å²) in [5.74, 6) is -1.28. The van der Waals surface area contributed by atoms with Crippen molar-refractivity contribution in [1.29, 1.82) is 0 Å². The van der Waals surface area contributed by atoms with E-state index in [9.17, 15) is 27.2 Å². The van der Waals surface area contributed by atoms with Gasteiger partial charge in [0.1, 0.15) is 12.4 Å². The fourth-order valence-corrected chi connectivity index (χ4v) is 4.31. The highest BCUT2D eigenvalue weighted by atomic mass is 19.4. The van der Waals surface area contributed by atoms with Crippen LogP contribution in [-0.4, -0.2) is 66.7 Å². The summed E-state index contributed by atoms with van der Waals surface area (Å²) in [6.07, 6.45) is -3.62. The lowest BCUT2D eigenvalue weighted by atomic mass is 9.87. The number of hydrogen-bond acceptors (Lipinski definition) is 3. The average molecular weight is 415 g/mol. The summed E-state index contributed by atoms with van der Waals surface area (Å²) >= 11 is 0. The number of nitrogens with one attached hydrogen (secondary N) is 1. The van der Waals surface area contributed by atoms with Crippen LogP contribution in [0.3, 0.4) is 0 Å². The number of hydrogen-bond donors (Lipinski definition) is 1. The molecule has 10 heteroatoms. The molecule has 3 saturated heterocycles. The number of likely N-dealkylation sites (tertiary alicyclic amines) is 2. The van der Waals surface area contributed by atoms with Gasteiger partial charge in [0, 0.05) is 26.2 Å². The summed E-state index contributed by atoms with van der Waals surface area (Å²) in [4.78, 5) is 27.4. The van der Waals surface area contributed by atoms with Gasteiger partial charge in [-0.15, -0.1) is 0 Å². The first kappa shape index (κ1) is 19.9. The van der Waals surface area contributed by atoms with Crippen LogP contribution >= 0.6 is 0 Å². The first-order chi connectivity index (χ1) is 13.7. The van der Waals surface area contributed by atoms with Crippen LogP contribution in [0.25, 0.3) is 0 Å². The van der Waals surface area contributed by atoms with Crippen molar-refractivity contribution in [3.05, 3.63) is 35.1 Å². The molecular formula is C19H21F4N3O3. The molecule has 6 nitrogen and oxygen atoms in total. The largest absolute Gasteiger partial charge is 0.416 e. The van der Waals surface area contributed by atoms with Crippen molar-refractivity contribution in [2.45, 2.75) is 30.5 Å². The maximum Gasteiger partial charge on any atom is 0.416 e. The van der Waals surface area contributed by atoms with Gasteiger partial charge < -0.3 is 19.9 Å². The minimum atomic E-state index is -4.58. The van der Waals surface area contributed by atoms with E-state index in [-0.39, 0.29) is 30.0 Å². The van der Waals surface area contributed by atoms with Crippen LogP contribution in [0, 0.1) is 5.82 Å². The quantitative estimate of drug-likeness (QED) is 0.717. The van der Waals surface area contributed by atoms with Gasteiger partial charge in [-0.1, -0.05) is 6.07 Å². The zero-order valence-electron chi connectivity index (χ0n) is 15.6. The molecular weight excluding hydrogens is 394 g/mol. The van der Waals surface area contributed by atoms with E-state index in [1.54, 1.807) is 9.80 Å². The van der Waals surface area contributed by atoms with Crippen LogP contribution in [-0.2, 0) is 15.7 Å². The number of carbonyl (C=O) groups is 2. The van der Waals surface area contributed by atoms with Crippen LogP contribution in [0.5, 0.6) is 0 Å². The predicted octanol–water partition coefficient (Wildman–Crippen LogP) is 2.34. The smallest absolute Gasteiger partial charge is 0.369 e. The van der Waals surface area contributed by atoms with Gasteiger partial charge in [-0.05, 0) is 36.5 Å². The fraction of sp³-hybridized carbons (Fsp3) is 0.579. The number of alkyl halides is 3. The first-order valence-corrected chi connectivity index (χ1v) is 9.46. The van der Waals surface area contributed by atoms with Crippen LogP contribution in [0.15, 0.2) is 18.2 Å². The molecule has 3 heterocycles. The lowest BCUT2D eigenvalue weighted by molar-refractivity contribution is -0.141. The van der Waals surface area contributed by atoms with E-state index in [2.05, 4.69) is 5.32 Å². The van der Waals surface area contributed by atoms with Gasteiger partial charge >= 0.3 is 12.2 Å². The number of piperidine rings is 1. The highest BCUT2D eigenvalue weighted by Crippen LogP contribution is 2.35. The Morgan fingerprint density at radius 2 is 1.86 bits per heavy atom. The maximum atomic E-state index is 14.2. The monoisotopic (exact) mass is 415 g/mol. The van der Waals surface area contributed by atoms with Crippen molar-refractivity contribution in [3.8, 4) is 0 Å². The Bertz CT molecular complexity index is 815. The van der Waals surface area contributed by atoms with E-state index < -0.39 is 23.1 Å². The van der Waals surface area contributed by atoms with Gasteiger partial charge in [0.2, 0.25) is 5.91 Å². The second-order valence-corrected chi connectivity index (χ2v) is 7.96. The summed E-state index contributed by atoms with van der Waals surface area (Å²) in [7, 11) is 0. The predicted molar refractivity (Wildman–Crippen MR) is 93.6 cm³/mol. The number of morpholine rings is 1. The second kappa shape index (κ2) is 7.16. The number of carbonyl (C=O) groups excluding carboxylic acids is 2. The van der Waals surface area contributed by atoms with Gasteiger partial charge in [0.15, 0.2) is 0 Å². The SMILES string of the molecule is O=C1COCC2(CN(C(=O)N3CCC(c4ccc(C(F)(F)F)cc4F)CC3)C2)N1. The standard InChI is InChI=1S/C19H21F4N3O3/c20-15-7-13(19(21,22)23)1-2-14(15)12-3-5-25(6-4-12)17(28)26-9-18(10-26)11-29-8-16(27)24-18/h1-2,7,12H,3-6,8-11H2,(H,24,27). The van der Waals surface area contributed by atoms with E-state index in [0.717, 1.165) is 6.07 Å². The van der Waals surface area contributed by atoms with Crippen molar-refractivity contribution in [2.24, 2.45) is 0 Å². The molecule has 3 aliphatic rings. The Morgan fingerprint density at radius 1 is 1.17 bits per heavy atom. The van der Waals surface area contributed by atoms with Crippen molar-refractivity contribution in [2.75, 3.05) is 39.4 Å². The van der Waals surface area contributed by atoms with E-state index in [0.29, 0.717) is 51.7 Å². The lowest BCUT2D eigenvalue weighted by Crippen LogP contribution is -2.76. The topological polar surface area (TPSA) is 61.9 Å². The van der Waals surface area contributed by atoms with Gasteiger partial charge in [-0.2, -0.15) is 13.2 Å². The molecule has 0 bridgehead atoms. The van der Waals surface area contributed by atoms with Crippen LogP contribution in [0.2, 0.25) is 0 Å². The normalized spacial score (nSPS) is 22.4. The zero-order valence-corrected chi connectivity index (χ0v) is 15.6. The summed E-state index contributed by atoms with van der Waals surface area (Å²) in [6, 6.07) is 2.48. The van der Waals surface area contributed by atoms with Crippen LogP contribution in [0.4, 0.5) is 22.4 Å². The summed E-state index contributed by atoms with van der Waals surface area (Å²) in [5.41, 5.74) is -1.25. The van der Waals surface area contributed by atoms with Gasteiger partial charge in [-0.3, -0.25) is 4.79 Å². The summed E-state index contributed by atoms with van der Waals surface area (Å²) in [6.45, 7) is 1.96. The molecule has 0 saturated carbocycles. The van der Waals surface area contributed by atoms with E-state index in [4.69, 9.17) is 4.74 Å². The Hall–Kier alpha value is -2.36. The molecule has 4 rings (SSSR count). The molecule has 0 atom stereocenters. The minimum Gasteiger partial charge on any atom is -0.369 e. The molecule has 3 aliphatic heterocycles. The molecule has 158 valence electrons. The molecule has 1 N–H and O–H groups in total. The minimum absolute atomic E-state index is 0.0315. The number of ether oxygens (including phenoxy) is 1. The van der Waals surface area contributed by atoms with Crippen LogP contribution < -0.4 is 5.32 Å². The van der Waals surface area contributed by atoms with Crippen molar-refractivity contribution in [3.63, 3.8) is 0 Å². The Kier molecular flexibility index (Phi) is 4.92. The third kappa shape index (κ3) is 3.90. The van der Waals surface area contributed by atoms with Gasteiger partial charge in [0.25, 0.3) is 0 Å². The van der Waals surface area contributed by atoms with Crippen molar-refractivity contribution in [1.82, 2.24) is 15.1 Å². The van der Waals surface area contributed by atoms with Crippen molar-refractivity contribution >= 4 is 11.9 Å². The van der Waals surface area contributed by atoms with Crippen LogP contribution in [0.1, 0.15) is 29.9 Å². The summed E-state index contributed by atoms with van der Waals surface area (Å²) in [5, 5.41) is 2.87. The van der Waals surface area contributed by atoms with E-state index in [1.165, 1.54) is 6.07 Å². The Balaban J connectivity index is 1.32.